The van der Waals surface area contributed by atoms with Crippen LogP contribution in [0.5, 0.6) is 0 Å². The van der Waals surface area contributed by atoms with Crippen LogP contribution in [-0.2, 0) is 20.8 Å². The summed E-state index contributed by atoms with van der Waals surface area (Å²) in [7, 11) is 1.72. The molecule has 0 bridgehead atoms. The average molecular weight is 279 g/mol. The topological polar surface area (TPSA) is 39.7 Å². The first-order chi connectivity index (χ1) is 9.85. The van der Waals surface area contributed by atoms with Gasteiger partial charge in [-0.1, -0.05) is 30.3 Å². The van der Waals surface area contributed by atoms with E-state index in [1.807, 2.05) is 18.2 Å². The maximum absolute atomic E-state index is 5.91. The molecule has 112 valence electrons. The summed E-state index contributed by atoms with van der Waals surface area (Å²) < 4.78 is 16.5. The third-order valence-corrected chi connectivity index (χ3v) is 3.69. The molecular formula is C16H25NO3. The SMILES string of the molecule is COCCNCC1(COCc2ccccc2)CCOC1. The van der Waals surface area contributed by atoms with Gasteiger partial charge in [-0.3, -0.25) is 0 Å². The number of hydrogen-bond acceptors (Lipinski definition) is 4. The van der Waals surface area contributed by atoms with Crippen LogP contribution < -0.4 is 5.32 Å². The maximum atomic E-state index is 5.91. The zero-order valence-electron chi connectivity index (χ0n) is 12.3. The average Bonchev–Trinajstić information content (AvgIpc) is 2.94. The van der Waals surface area contributed by atoms with E-state index in [4.69, 9.17) is 14.2 Å². The van der Waals surface area contributed by atoms with E-state index in [-0.39, 0.29) is 5.41 Å². The van der Waals surface area contributed by atoms with Gasteiger partial charge < -0.3 is 19.5 Å². The van der Waals surface area contributed by atoms with Gasteiger partial charge in [0, 0.05) is 32.2 Å². The molecule has 1 atom stereocenters. The molecule has 0 aromatic heterocycles. The molecule has 4 nitrogen and oxygen atoms in total. The van der Waals surface area contributed by atoms with Crippen molar-refractivity contribution in [3.8, 4) is 0 Å². The van der Waals surface area contributed by atoms with Crippen molar-refractivity contribution in [3.63, 3.8) is 0 Å². The van der Waals surface area contributed by atoms with Crippen LogP contribution in [0.1, 0.15) is 12.0 Å². The first-order valence-electron chi connectivity index (χ1n) is 7.24. The molecule has 1 fully saturated rings. The van der Waals surface area contributed by atoms with E-state index in [0.29, 0.717) is 6.61 Å². The minimum atomic E-state index is 0.114. The molecule has 4 heteroatoms. The van der Waals surface area contributed by atoms with E-state index in [0.717, 1.165) is 45.9 Å². The summed E-state index contributed by atoms with van der Waals surface area (Å²) >= 11 is 0. The van der Waals surface area contributed by atoms with Gasteiger partial charge in [0.2, 0.25) is 0 Å². The summed E-state index contributed by atoms with van der Waals surface area (Å²) in [5, 5.41) is 3.43. The molecule has 20 heavy (non-hydrogen) atoms. The molecule has 1 saturated heterocycles. The van der Waals surface area contributed by atoms with Crippen LogP contribution in [0, 0.1) is 5.41 Å². The van der Waals surface area contributed by atoms with E-state index in [1.54, 1.807) is 7.11 Å². The molecule has 2 rings (SSSR count). The molecular weight excluding hydrogens is 254 g/mol. The summed E-state index contributed by atoms with van der Waals surface area (Å²) in [6.07, 6.45) is 1.06. The summed E-state index contributed by atoms with van der Waals surface area (Å²) in [6.45, 7) is 5.55. The van der Waals surface area contributed by atoms with Crippen LogP contribution in [0.2, 0.25) is 0 Å². The second kappa shape index (κ2) is 8.37. The van der Waals surface area contributed by atoms with Crippen LogP contribution in [0.15, 0.2) is 30.3 Å². The Kier molecular flexibility index (Phi) is 6.47. The van der Waals surface area contributed by atoms with Gasteiger partial charge in [-0.15, -0.1) is 0 Å². The highest BCUT2D eigenvalue weighted by Gasteiger charge is 2.34. The van der Waals surface area contributed by atoms with Crippen molar-refractivity contribution in [2.45, 2.75) is 13.0 Å². The van der Waals surface area contributed by atoms with Crippen LogP contribution in [0.25, 0.3) is 0 Å². The second-order valence-electron chi connectivity index (χ2n) is 5.45. The highest BCUT2D eigenvalue weighted by atomic mass is 16.5. The minimum Gasteiger partial charge on any atom is -0.383 e. The number of hydrogen-bond donors (Lipinski definition) is 1. The summed E-state index contributed by atoms with van der Waals surface area (Å²) in [6, 6.07) is 10.3. The predicted octanol–water partition coefficient (Wildman–Crippen LogP) is 1.85. The molecule has 1 unspecified atom stereocenters. The second-order valence-corrected chi connectivity index (χ2v) is 5.45. The highest BCUT2D eigenvalue weighted by Crippen LogP contribution is 2.28. The zero-order valence-corrected chi connectivity index (χ0v) is 12.3. The largest absolute Gasteiger partial charge is 0.383 e. The third-order valence-electron chi connectivity index (χ3n) is 3.69. The van der Waals surface area contributed by atoms with Gasteiger partial charge in [0.05, 0.1) is 26.4 Å². The van der Waals surface area contributed by atoms with E-state index in [2.05, 4.69) is 17.4 Å². The third kappa shape index (κ3) is 4.87. The Balaban J connectivity index is 1.74. The number of benzene rings is 1. The normalized spacial score (nSPS) is 22.2. The van der Waals surface area contributed by atoms with Crippen LogP contribution in [-0.4, -0.2) is 46.6 Å². The maximum Gasteiger partial charge on any atom is 0.0717 e. The number of nitrogens with one attached hydrogen (secondary N) is 1. The van der Waals surface area contributed by atoms with Crippen LogP contribution in [0.3, 0.4) is 0 Å². The fourth-order valence-electron chi connectivity index (χ4n) is 2.44. The number of rotatable bonds is 9. The van der Waals surface area contributed by atoms with Crippen molar-refractivity contribution in [2.24, 2.45) is 5.41 Å². The number of ether oxygens (including phenoxy) is 3. The van der Waals surface area contributed by atoms with E-state index >= 15 is 0 Å². The van der Waals surface area contributed by atoms with Gasteiger partial charge in [0.15, 0.2) is 0 Å². The predicted molar refractivity (Wildman–Crippen MR) is 78.7 cm³/mol. The zero-order chi connectivity index (χ0) is 14.1. The monoisotopic (exact) mass is 279 g/mol. The summed E-state index contributed by atoms with van der Waals surface area (Å²) in [5.41, 5.74) is 1.33. The number of methoxy groups -OCH3 is 1. The van der Waals surface area contributed by atoms with Crippen molar-refractivity contribution < 1.29 is 14.2 Å². The first-order valence-corrected chi connectivity index (χ1v) is 7.24. The van der Waals surface area contributed by atoms with Crippen molar-refractivity contribution in [2.75, 3.05) is 46.6 Å². The Bertz CT molecular complexity index is 363. The summed E-state index contributed by atoms with van der Waals surface area (Å²) in [4.78, 5) is 0. The molecule has 0 spiro atoms. The quantitative estimate of drug-likeness (QED) is 0.700. The fraction of sp³-hybridized carbons (Fsp3) is 0.625. The van der Waals surface area contributed by atoms with Crippen molar-refractivity contribution in [1.82, 2.24) is 5.32 Å². The molecule has 1 aliphatic rings. The smallest absolute Gasteiger partial charge is 0.0717 e. The molecule has 1 N–H and O–H groups in total. The lowest BCUT2D eigenvalue weighted by Gasteiger charge is -2.27. The Morgan fingerprint density at radius 2 is 2.15 bits per heavy atom. The van der Waals surface area contributed by atoms with Crippen molar-refractivity contribution in [3.05, 3.63) is 35.9 Å². The van der Waals surface area contributed by atoms with Crippen molar-refractivity contribution >= 4 is 0 Å². The van der Waals surface area contributed by atoms with E-state index in [1.165, 1.54) is 5.56 Å². The summed E-state index contributed by atoms with van der Waals surface area (Å²) in [5.74, 6) is 0. The van der Waals surface area contributed by atoms with Gasteiger partial charge >= 0.3 is 0 Å². The van der Waals surface area contributed by atoms with Gasteiger partial charge in [-0.05, 0) is 12.0 Å². The van der Waals surface area contributed by atoms with E-state index < -0.39 is 0 Å². The highest BCUT2D eigenvalue weighted by molar-refractivity contribution is 5.13. The van der Waals surface area contributed by atoms with Crippen LogP contribution in [0.4, 0.5) is 0 Å². The lowest BCUT2D eigenvalue weighted by atomic mass is 9.88. The Morgan fingerprint density at radius 3 is 2.85 bits per heavy atom. The van der Waals surface area contributed by atoms with Gasteiger partial charge in [0.1, 0.15) is 0 Å². The first kappa shape index (κ1) is 15.4. The molecule has 1 heterocycles. The molecule has 0 radical (unpaired) electrons. The lowest BCUT2D eigenvalue weighted by Crippen LogP contribution is -2.39. The Hall–Kier alpha value is -0.940. The lowest BCUT2D eigenvalue weighted by molar-refractivity contribution is 0.0244. The molecule has 0 amide bonds. The van der Waals surface area contributed by atoms with Gasteiger partial charge in [-0.25, -0.2) is 0 Å². The standard InChI is InChI=1S/C16H25NO3/c1-18-10-8-17-12-16(7-9-19-13-16)14-20-11-15-5-3-2-4-6-15/h2-6,17H,7-14H2,1H3. The Morgan fingerprint density at radius 1 is 1.30 bits per heavy atom. The van der Waals surface area contributed by atoms with Crippen LogP contribution >= 0.6 is 0 Å². The fourth-order valence-corrected chi connectivity index (χ4v) is 2.44. The van der Waals surface area contributed by atoms with Gasteiger partial charge in [-0.2, -0.15) is 0 Å². The molecule has 0 saturated carbocycles. The molecule has 1 aliphatic heterocycles. The van der Waals surface area contributed by atoms with Gasteiger partial charge in [0.25, 0.3) is 0 Å². The van der Waals surface area contributed by atoms with E-state index in [9.17, 15) is 0 Å². The molecule has 0 aliphatic carbocycles. The minimum absolute atomic E-state index is 0.114. The van der Waals surface area contributed by atoms with Crippen molar-refractivity contribution in [1.29, 1.82) is 0 Å². The molecule has 1 aromatic carbocycles. The molecule has 1 aromatic rings. The Labute approximate surface area is 121 Å².